The maximum atomic E-state index is 13.1. The van der Waals surface area contributed by atoms with Gasteiger partial charge in [0.05, 0.1) is 17.1 Å². The van der Waals surface area contributed by atoms with E-state index < -0.39 is 5.97 Å². The number of amides is 2. The molecule has 0 aromatic heterocycles. The van der Waals surface area contributed by atoms with Crippen LogP contribution in [-0.4, -0.2) is 40.3 Å². The van der Waals surface area contributed by atoms with Gasteiger partial charge >= 0.3 is 5.97 Å². The van der Waals surface area contributed by atoms with E-state index in [4.69, 9.17) is 14.6 Å². The fourth-order valence-electron chi connectivity index (χ4n) is 4.84. The molecule has 4 rings (SSSR count). The Morgan fingerprint density at radius 2 is 1.87 bits per heavy atom. The number of carboxylic acid groups (broad SMARTS) is 1. The van der Waals surface area contributed by atoms with E-state index in [-0.39, 0.29) is 23.3 Å². The standard InChI is InChI=1S/C30H33NO6S/c1-3-8-24-15-22(17-26-28(32)31(30(35)38-26)18-20-9-6-5-7-10-20)16-25(36-4-2)27(24)37-19-21-11-13-23(14-12-21)29(33)34/h3,11-17,20H,1,4-10,18-19H2,2H3,(H,33,34)/b26-17+. The zero-order valence-electron chi connectivity index (χ0n) is 21.6. The number of hydrogen-bond donors (Lipinski definition) is 1. The third kappa shape index (κ3) is 6.67. The number of carbonyl (C=O) groups excluding carboxylic acids is 2. The van der Waals surface area contributed by atoms with Crippen LogP contribution in [0.1, 0.15) is 66.1 Å². The first-order chi connectivity index (χ1) is 18.4. The van der Waals surface area contributed by atoms with Crippen molar-refractivity contribution < 1.29 is 29.0 Å². The maximum Gasteiger partial charge on any atom is 0.335 e. The van der Waals surface area contributed by atoms with Crippen molar-refractivity contribution in [3.63, 3.8) is 0 Å². The molecular formula is C30H33NO6S. The summed E-state index contributed by atoms with van der Waals surface area (Å²) in [6, 6.07) is 10.2. The number of thioether (sulfide) groups is 1. The summed E-state index contributed by atoms with van der Waals surface area (Å²) in [5, 5.41) is 8.90. The molecule has 2 aromatic rings. The topological polar surface area (TPSA) is 93.1 Å². The molecule has 0 atom stereocenters. The second kappa shape index (κ2) is 12.8. The van der Waals surface area contributed by atoms with Gasteiger partial charge in [0.15, 0.2) is 11.5 Å². The third-order valence-electron chi connectivity index (χ3n) is 6.74. The molecule has 1 heterocycles. The lowest BCUT2D eigenvalue weighted by atomic mass is 9.89. The lowest BCUT2D eigenvalue weighted by Gasteiger charge is -2.25. The number of rotatable bonds is 11. The smallest absolute Gasteiger partial charge is 0.335 e. The van der Waals surface area contributed by atoms with Crippen LogP contribution >= 0.6 is 11.8 Å². The Bertz CT molecular complexity index is 1230. The minimum absolute atomic E-state index is 0.211. The summed E-state index contributed by atoms with van der Waals surface area (Å²) in [6.45, 7) is 6.88. The predicted octanol–water partition coefficient (Wildman–Crippen LogP) is 6.71. The number of imide groups is 1. The van der Waals surface area contributed by atoms with Crippen molar-refractivity contribution in [2.45, 2.75) is 52.1 Å². The van der Waals surface area contributed by atoms with Gasteiger partial charge in [-0.1, -0.05) is 37.5 Å². The Labute approximate surface area is 227 Å². The highest BCUT2D eigenvalue weighted by molar-refractivity contribution is 8.18. The van der Waals surface area contributed by atoms with Crippen LogP contribution < -0.4 is 9.47 Å². The largest absolute Gasteiger partial charge is 0.490 e. The van der Waals surface area contributed by atoms with E-state index in [9.17, 15) is 14.4 Å². The van der Waals surface area contributed by atoms with Crippen molar-refractivity contribution in [3.05, 3.63) is 76.2 Å². The normalized spacial score (nSPS) is 17.2. The van der Waals surface area contributed by atoms with Crippen molar-refractivity contribution in [2.24, 2.45) is 5.92 Å². The third-order valence-corrected chi connectivity index (χ3v) is 7.65. The molecule has 1 aliphatic heterocycles. The van der Waals surface area contributed by atoms with Crippen molar-refractivity contribution in [1.82, 2.24) is 4.90 Å². The van der Waals surface area contributed by atoms with Gasteiger partial charge in [0.25, 0.3) is 11.1 Å². The van der Waals surface area contributed by atoms with Crippen LogP contribution in [-0.2, 0) is 17.8 Å². The van der Waals surface area contributed by atoms with Crippen molar-refractivity contribution in [2.75, 3.05) is 13.2 Å². The molecule has 1 aliphatic carbocycles. The molecule has 0 unspecified atom stereocenters. The zero-order valence-corrected chi connectivity index (χ0v) is 22.4. The highest BCUT2D eigenvalue weighted by atomic mass is 32.2. The van der Waals surface area contributed by atoms with Gasteiger partial charge in [0, 0.05) is 12.1 Å². The van der Waals surface area contributed by atoms with Crippen LogP contribution in [0.4, 0.5) is 4.79 Å². The average Bonchev–Trinajstić information content (AvgIpc) is 3.16. The molecule has 2 fully saturated rings. The van der Waals surface area contributed by atoms with Crippen LogP contribution in [0.5, 0.6) is 11.5 Å². The first-order valence-corrected chi connectivity index (χ1v) is 13.8. The molecule has 0 radical (unpaired) electrons. The lowest BCUT2D eigenvalue weighted by molar-refractivity contribution is -0.123. The summed E-state index contributed by atoms with van der Waals surface area (Å²) in [4.78, 5) is 38.7. The van der Waals surface area contributed by atoms with E-state index in [1.165, 1.54) is 11.3 Å². The van der Waals surface area contributed by atoms with Crippen molar-refractivity contribution in [3.8, 4) is 11.5 Å². The minimum Gasteiger partial charge on any atom is -0.490 e. The summed E-state index contributed by atoms with van der Waals surface area (Å²) in [7, 11) is 0. The Kier molecular flexibility index (Phi) is 9.29. The Morgan fingerprint density at radius 1 is 1.13 bits per heavy atom. The first kappa shape index (κ1) is 27.5. The van der Waals surface area contributed by atoms with E-state index in [1.807, 2.05) is 19.1 Å². The number of carboxylic acids is 1. The van der Waals surface area contributed by atoms with E-state index >= 15 is 0 Å². The number of hydrogen-bond acceptors (Lipinski definition) is 6. The molecule has 200 valence electrons. The summed E-state index contributed by atoms with van der Waals surface area (Å²) >= 11 is 0.983. The fraction of sp³-hybridized carbons (Fsp3) is 0.367. The van der Waals surface area contributed by atoms with E-state index in [2.05, 4.69) is 6.58 Å². The van der Waals surface area contributed by atoms with Crippen molar-refractivity contribution in [1.29, 1.82) is 0 Å². The van der Waals surface area contributed by atoms with Crippen LogP contribution in [0.3, 0.4) is 0 Å². The number of allylic oxidation sites excluding steroid dienone is 1. The second-order valence-electron chi connectivity index (χ2n) is 9.52. The predicted molar refractivity (Wildman–Crippen MR) is 148 cm³/mol. The molecule has 8 heteroatoms. The molecule has 2 aromatic carbocycles. The van der Waals surface area contributed by atoms with Gasteiger partial charge in [-0.2, -0.15) is 0 Å². The number of carbonyl (C=O) groups is 3. The number of ether oxygens (including phenoxy) is 2. The highest BCUT2D eigenvalue weighted by Gasteiger charge is 2.36. The summed E-state index contributed by atoms with van der Waals surface area (Å²) in [6.07, 6.45) is 9.69. The lowest BCUT2D eigenvalue weighted by Crippen LogP contribution is -2.34. The Hall–Kier alpha value is -3.52. The van der Waals surface area contributed by atoms with Crippen LogP contribution in [0.2, 0.25) is 0 Å². The maximum absolute atomic E-state index is 13.1. The molecule has 38 heavy (non-hydrogen) atoms. The van der Waals surface area contributed by atoms with Gasteiger partial charge in [0.2, 0.25) is 0 Å². The van der Waals surface area contributed by atoms with E-state index in [0.717, 1.165) is 54.1 Å². The number of benzene rings is 2. The van der Waals surface area contributed by atoms with Gasteiger partial charge in [0.1, 0.15) is 6.61 Å². The molecule has 1 saturated carbocycles. The average molecular weight is 536 g/mol. The molecule has 0 spiro atoms. The molecule has 0 bridgehead atoms. The van der Waals surface area contributed by atoms with Crippen LogP contribution in [0.25, 0.3) is 6.08 Å². The van der Waals surface area contributed by atoms with Gasteiger partial charge in [-0.25, -0.2) is 4.79 Å². The van der Waals surface area contributed by atoms with Crippen LogP contribution in [0, 0.1) is 5.92 Å². The van der Waals surface area contributed by atoms with Gasteiger partial charge in [-0.3, -0.25) is 14.5 Å². The Balaban J connectivity index is 1.56. The molecule has 7 nitrogen and oxygen atoms in total. The quantitative estimate of drug-likeness (QED) is 0.253. The van der Waals surface area contributed by atoms with Crippen molar-refractivity contribution >= 4 is 35.0 Å². The molecule has 1 saturated heterocycles. The monoisotopic (exact) mass is 535 g/mol. The van der Waals surface area contributed by atoms with Gasteiger partial charge in [-0.05, 0) is 85.3 Å². The SMILES string of the molecule is C=CCc1cc(/C=C2/SC(=O)N(CC3CCCCC3)C2=O)cc(OCC)c1OCc1ccc(C(=O)O)cc1. The molecular weight excluding hydrogens is 502 g/mol. The zero-order chi connectivity index (χ0) is 27.1. The summed E-state index contributed by atoms with van der Waals surface area (Å²) in [5.74, 6) is 0.265. The van der Waals surface area contributed by atoms with Crippen LogP contribution in [0.15, 0.2) is 54.0 Å². The summed E-state index contributed by atoms with van der Waals surface area (Å²) < 4.78 is 12.1. The summed E-state index contributed by atoms with van der Waals surface area (Å²) in [5.41, 5.74) is 2.61. The molecule has 2 aliphatic rings. The number of nitrogens with zero attached hydrogens (tertiary/aromatic N) is 1. The molecule has 2 amide bonds. The minimum atomic E-state index is -0.980. The number of aromatic carboxylic acids is 1. The first-order valence-electron chi connectivity index (χ1n) is 13.0. The molecule has 1 N–H and O–H groups in total. The fourth-order valence-corrected chi connectivity index (χ4v) is 5.68. The van der Waals surface area contributed by atoms with E-state index in [0.29, 0.717) is 41.9 Å². The van der Waals surface area contributed by atoms with Gasteiger partial charge < -0.3 is 14.6 Å². The van der Waals surface area contributed by atoms with Gasteiger partial charge in [-0.15, -0.1) is 6.58 Å². The Morgan fingerprint density at radius 3 is 2.53 bits per heavy atom. The van der Waals surface area contributed by atoms with E-state index in [1.54, 1.807) is 36.4 Å². The second-order valence-corrected chi connectivity index (χ2v) is 10.5. The highest BCUT2D eigenvalue weighted by Crippen LogP contribution is 2.38.